The maximum atomic E-state index is 12.0. The molecule has 0 atom stereocenters. The molecule has 0 fully saturated rings. The van der Waals surface area contributed by atoms with Crippen LogP contribution in [0.5, 0.6) is 5.75 Å². The SMILES string of the molecule is CCOC(=O)C1=C2N=C(N(C)Cc3ccccc3O)C=CN2NC1. The van der Waals surface area contributed by atoms with E-state index in [0.717, 1.165) is 5.56 Å². The van der Waals surface area contributed by atoms with Crippen LogP contribution in [0, 0.1) is 0 Å². The summed E-state index contributed by atoms with van der Waals surface area (Å²) < 4.78 is 5.08. The highest BCUT2D eigenvalue weighted by atomic mass is 16.5. The largest absolute Gasteiger partial charge is 0.508 e. The third kappa shape index (κ3) is 3.11. The van der Waals surface area contributed by atoms with Gasteiger partial charge in [-0.1, -0.05) is 18.2 Å². The van der Waals surface area contributed by atoms with Crippen molar-refractivity contribution in [3.8, 4) is 5.75 Å². The van der Waals surface area contributed by atoms with Crippen LogP contribution in [0.2, 0.25) is 0 Å². The van der Waals surface area contributed by atoms with E-state index in [2.05, 4.69) is 10.4 Å². The van der Waals surface area contributed by atoms with Gasteiger partial charge in [-0.05, 0) is 19.1 Å². The number of nitrogens with zero attached hydrogens (tertiary/aromatic N) is 3. The highest BCUT2D eigenvalue weighted by Crippen LogP contribution is 2.23. The Morgan fingerprint density at radius 3 is 3.00 bits per heavy atom. The number of aromatic hydroxyl groups is 1. The van der Waals surface area contributed by atoms with Gasteiger partial charge >= 0.3 is 5.97 Å². The van der Waals surface area contributed by atoms with E-state index in [4.69, 9.17) is 4.74 Å². The standard InChI is InChI=1S/C17H20N4O3/c1-3-24-17(23)13-10-18-21-9-8-15(19-16(13)21)20(2)11-12-6-4-5-7-14(12)22/h4-9,18,22H,3,10-11H2,1-2H3. The number of carbonyl (C=O) groups is 1. The van der Waals surface area contributed by atoms with Crippen molar-refractivity contribution in [2.75, 3.05) is 20.2 Å². The van der Waals surface area contributed by atoms with Gasteiger partial charge in [-0.2, -0.15) is 0 Å². The topological polar surface area (TPSA) is 77.4 Å². The minimum atomic E-state index is -0.357. The zero-order chi connectivity index (χ0) is 17.1. The second-order valence-corrected chi connectivity index (χ2v) is 5.50. The summed E-state index contributed by atoms with van der Waals surface area (Å²) in [6, 6.07) is 7.19. The number of benzene rings is 1. The van der Waals surface area contributed by atoms with Gasteiger partial charge in [0.25, 0.3) is 0 Å². The number of ether oxygens (including phenoxy) is 1. The third-order valence-corrected chi connectivity index (χ3v) is 3.83. The number of phenols is 1. The van der Waals surface area contributed by atoms with E-state index in [9.17, 15) is 9.90 Å². The second kappa shape index (κ2) is 6.76. The van der Waals surface area contributed by atoms with E-state index in [1.807, 2.05) is 36.4 Å². The Labute approximate surface area is 140 Å². The molecule has 7 nitrogen and oxygen atoms in total. The molecule has 0 radical (unpaired) electrons. The van der Waals surface area contributed by atoms with Crippen molar-refractivity contribution < 1.29 is 14.6 Å². The van der Waals surface area contributed by atoms with Crippen molar-refractivity contribution in [1.82, 2.24) is 15.3 Å². The van der Waals surface area contributed by atoms with Crippen LogP contribution >= 0.6 is 0 Å². The summed E-state index contributed by atoms with van der Waals surface area (Å²) in [5.74, 6) is 1.15. The number of fused-ring (bicyclic) bond motifs is 1. The van der Waals surface area contributed by atoms with Gasteiger partial charge in [0.15, 0.2) is 5.82 Å². The van der Waals surface area contributed by atoms with Gasteiger partial charge in [-0.25, -0.2) is 15.2 Å². The Morgan fingerprint density at radius 2 is 2.25 bits per heavy atom. The second-order valence-electron chi connectivity index (χ2n) is 5.50. The average Bonchev–Trinajstić information content (AvgIpc) is 3.00. The van der Waals surface area contributed by atoms with Gasteiger partial charge in [0.1, 0.15) is 11.6 Å². The Morgan fingerprint density at radius 1 is 1.46 bits per heavy atom. The predicted octanol–water partition coefficient (Wildman–Crippen LogP) is 1.34. The Kier molecular flexibility index (Phi) is 4.52. The van der Waals surface area contributed by atoms with Crippen LogP contribution in [0.15, 0.2) is 52.9 Å². The van der Waals surface area contributed by atoms with Crippen LogP contribution in [0.4, 0.5) is 0 Å². The summed E-state index contributed by atoms with van der Waals surface area (Å²) in [4.78, 5) is 18.5. The number of carbonyl (C=O) groups excluding carboxylic acids is 1. The van der Waals surface area contributed by atoms with Crippen LogP contribution in [-0.4, -0.2) is 47.0 Å². The molecule has 2 aliphatic heterocycles. The van der Waals surface area contributed by atoms with Crippen molar-refractivity contribution >= 4 is 11.8 Å². The smallest absolute Gasteiger partial charge is 0.339 e. The number of likely N-dealkylation sites (N-methyl/N-ethyl adjacent to an activating group) is 1. The number of aliphatic imine (C=N–C) groups is 1. The number of hydrogen-bond acceptors (Lipinski definition) is 7. The minimum absolute atomic E-state index is 0.250. The molecule has 7 heteroatoms. The summed E-state index contributed by atoms with van der Waals surface area (Å²) in [6.45, 7) is 3.00. The molecule has 0 unspecified atom stereocenters. The Hall–Kier alpha value is -2.80. The number of hydrazine groups is 1. The molecule has 1 aromatic rings. The van der Waals surface area contributed by atoms with Gasteiger partial charge in [0.05, 0.1) is 18.7 Å². The number of esters is 1. The molecular formula is C17H20N4O3. The summed E-state index contributed by atoms with van der Waals surface area (Å²) in [7, 11) is 1.89. The van der Waals surface area contributed by atoms with Crippen molar-refractivity contribution in [1.29, 1.82) is 0 Å². The molecule has 2 heterocycles. The number of rotatable bonds is 4. The summed E-state index contributed by atoms with van der Waals surface area (Å²) in [5, 5.41) is 11.6. The Balaban J connectivity index is 1.82. The fraction of sp³-hybridized carbons (Fsp3) is 0.294. The lowest BCUT2D eigenvalue weighted by molar-refractivity contribution is -0.138. The van der Waals surface area contributed by atoms with Crippen LogP contribution in [0.25, 0.3) is 0 Å². The van der Waals surface area contributed by atoms with E-state index in [0.29, 0.717) is 36.9 Å². The highest BCUT2D eigenvalue weighted by Gasteiger charge is 2.29. The van der Waals surface area contributed by atoms with Crippen LogP contribution in [-0.2, 0) is 16.1 Å². The molecule has 0 bridgehead atoms. The summed E-state index contributed by atoms with van der Waals surface area (Å²) in [5.41, 5.74) is 4.39. The molecule has 0 amide bonds. The molecule has 0 saturated carbocycles. The quantitative estimate of drug-likeness (QED) is 0.813. The molecule has 3 rings (SSSR count). The fourth-order valence-corrected chi connectivity index (χ4v) is 2.57. The number of para-hydroxylation sites is 1. The van der Waals surface area contributed by atoms with E-state index in [-0.39, 0.29) is 11.7 Å². The third-order valence-electron chi connectivity index (χ3n) is 3.83. The van der Waals surface area contributed by atoms with Gasteiger partial charge in [0, 0.05) is 25.4 Å². The maximum absolute atomic E-state index is 12.0. The predicted molar refractivity (Wildman–Crippen MR) is 89.6 cm³/mol. The number of nitrogens with one attached hydrogen (secondary N) is 1. The first-order chi connectivity index (χ1) is 11.6. The lowest BCUT2D eigenvalue weighted by Crippen LogP contribution is -2.32. The van der Waals surface area contributed by atoms with Crippen LogP contribution in [0.1, 0.15) is 12.5 Å². The van der Waals surface area contributed by atoms with E-state index >= 15 is 0 Å². The molecule has 0 aromatic heterocycles. The van der Waals surface area contributed by atoms with Gasteiger partial charge < -0.3 is 14.7 Å². The monoisotopic (exact) mass is 328 g/mol. The fourth-order valence-electron chi connectivity index (χ4n) is 2.57. The zero-order valence-corrected chi connectivity index (χ0v) is 13.7. The van der Waals surface area contributed by atoms with Gasteiger partial charge in [-0.3, -0.25) is 5.01 Å². The van der Waals surface area contributed by atoms with E-state index in [1.165, 1.54) is 0 Å². The number of amidine groups is 1. The van der Waals surface area contributed by atoms with Crippen LogP contribution in [0.3, 0.4) is 0 Å². The van der Waals surface area contributed by atoms with E-state index in [1.54, 1.807) is 24.1 Å². The molecule has 0 spiro atoms. The molecule has 2 N–H and O–H groups in total. The molecule has 0 aliphatic carbocycles. The molecule has 24 heavy (non-hydrogen) atoms. The number of phenolic OH excluding ortho intramolecular Hbond substituents is 1. The molecule has 1 aromatic carbocycles. The minimum Gasteiger partial charge on any atom is -0.508 e. The van der Waals surface area contributed by atoms with Crippen molar-refractivity contribution in [2.24, 2.45) is 4.99 Å². The lowest BCUT2D eigenvalue weighted by atomic mass is 10.2. The maximum Gasteiger partial charge on any atom is 0.339 e. The molecule has 126 valence electrons. The van der Waals surface area contributed by atoms with Gasteiger partial charge in [0.2, 0.25) is 0 Å². The van der Waals surface area contributed by atoms with Crippen LogP contribution < -0.4 is 5.43 Å². The number of hydrogen-bond donors (Lipinski definition) is 2. The van der Waals surface area contributed by atoms with Crippen molar-refractivity contribution in [2.45, 2.75) is 13.5 Å². The lowest BCUT2D eigenvalue weighted by Gasteiger charge is -2.25. The Bertz CT molecular complexity index is 739. The summed E-state index contributed by atoms with van der Waals surface area (Å²) in [6.07, 6.45) is 3.68. The first-order valence-electron chi connectivity index (χ1n) is 7.78. The van der Waals surface area contributed by atoms with E-state index < -0.39 is 0 Å². The summed E-state index contributed by atoms with van der Waals surface area (Å²) >= 11 is 0. The highest BCUT2D eigenvalue weighted by molar-refractivity contribution is 5.96. The average molecular weight is 328 g/mol. The molecule has 0 saturated heterocycles. The zero-order valence-electron chi connectivity index (χ0n) is 13.7. The normalized spacial score (nSPS) is 16.1. The van der Waals surface area contributed by atoms with Gasteiger partial charge in [-0.15, -0.1) is 0 Å². The first kappa shape index (κ1) is 16.1. The van der Waals surface area contributed by atoms with Crippen molar-refractivity contribution in [3.63, 3.8) is 0 Å². The molecule has 2 aliphatic rings. The molecular weight excluding hydrogens is 308 g/mol. The first-order valence-corrected chi connectivity index (χ1v) is 7.78. The van der Waals surface area contributed by atoms with Crippen molar-refractivity contribution in [3.05, 3.63) is 53.5 Å².